The molecule has 2 N–H and O–H groups in total. The first-order valence-electron chi connectivity index (χ1n) is 9.42. The van der Waals surface area contributed by atoms with Crippen molar-refractivity contribution in [3.8, 4) is 0 Å². The summed E-state index contributed by atoms with van der Waals surface area (Å²) in [6, 6.07) is 5.58. The molecule has 4 fully saturated rings. The zero-order valence-corrected chi connectivity index (χ0v) is 14.9. The van der Waals surface area contributed by atoms with Gasteiger partial charge in [-0.05, 0) is 92.9 Å². The fourth-order valence-corrected chi connectivity index (χ4v) is 7.68. The lowest BCUT2D eigenvalue weighted by Gasteiger charge is -2.56. The first-order chi connectivity index (χ1) is 11.5. The van der Waals surface area contributed by atoms with E-state index in [4.69, 9.17) is 0 Å². The molecule has 4 bridgehead atoms. The van der Waals surface area contributed by atoms with Gasteiger partial charge in [-0.3, -0.25) is 0 Å². The maximum Gasteiger partial charge on any atom is 0.241 e. The molecule has 4 nitrogen and oxygen atoms in total. The maximum absolute atomic E-state index is 13.1. The molecule has 0 spiro atoms. The molecule has 0 saturated heterocycles. The maximum atomic E-state index is 13.1. The second-order valence-electron chi connectivity index (χ2n) is 8.65. The summed E-state index contributed by atoms with van der Waals surface area (Å²) in [7, 11) is -3.43. The summed E-state index contributed by atoms with van der Waals surface area (Å²) in [6.07, 6.45) is 9.14. The molecular formula is C19H26N2O2S. The van der Waals surface area contributed by atoms with Crippen LogP contribution in [0.3, 0.4) is 0 Å². The minimum atomic E-state index is -3.43. The van der Waals surface area contributed by atoms with E-state index in [9.17, 15) is 8.42 Å². The van der Waals surface area contributed by atoms with Crippen molar-refractivity contribution in [2.75, 3.05) is 11.9 Å². The van der Waals surface area contributed by atoms with Crippen LogP contribution in [0.15, 0.2) is 23.1 Å². The predicted molar refractivity (Wildman–Crippen MR) is 94.5 cm³/mol. The summed E-state index contributed by atoms with van der Waals surface area (Å²) in [5.41, 5.74) is 2.06. The number of rotatable bonds is 3. The molecule has 5 heteroatoms. The topological polar surface area (TPSA) is 58.2 Å². The van der Waals surface area contributed by atoms with Gasteiger partial charge < -0.3 is 5.32 Å². The Morgan fingerprint density at radius 3 is 2.38 bits per heavy atom. The summed E-state index contributed by atoms with van der Waals surface area (Å²) >= 11 is 0. The van der Waals surface area contributed by atoms with Crippen molar-refractivity contribution in [2.45, 2.75) is 61.8 Å². The van der Waals surface area contributed by atoms with Gasteiger partial charge in [0.25, 0.3) is 0 Å². The Morgan fingerprint density at radius 2 is 1.71 bits per heavy atom. The van der Waals surface area contributed by atoms with E-state index >= 15 is 0 Å². The zero-order chi connectivity index (χ0) is 16.4. The van der Waals surface area contributed by atoms with Crippen LogP contribution in [0.25, 0.3) is 0 Å². The molecule has 1 aromatic carbocycles. The number of benzene rings is 1. The highest BCUT2D eigenvalue weighted by Crippen LogP contribution is 2.56. The van der Waals surface area contributed by atoms with E-state index in [-0.39, 0.29) is 5.54 Å². The van der Waals surface area contributed by atoms with E-state index in [0.717, 1.165) is 67.7 Å². The molecule has 0 atom stereocenters. The molecule has 1 aliphatic heterocycles. The lowest BCUT2D eigenvalue weighted by molar-refractivity contribution is -0.00810. The van der Waals surface area contributed by atoms with E-state index in [1.807, 2.05) is 12.1 Å². The van der Waals surface area contributed by atoms with E-state index in [2.05, 4.69) is 10.0 Å². The number of hydrogen-bond acceptors (Lipinski definition) is 3. The summed E-state index contributed by atoms with van der Waals surface area (Å²) in [5, 5.41) is 3.35. The third-order valence-corrected chi connectivity index (χ3v) is 8.29. The van der Waals surface area contributed by atoms with Gasteiger partial charge in [0.05, 0.1) is 4.90 Å². The Hall–Kier alpha value is -1.07. The monoisotopic (exact) mass is 346 g/mol. The first-order valence-corrected chi connectivity index (χ1v) is 10.9. The van der Waals surface area contributed by atoms with Gasteiger partial charge >= 0.3 is 0 Å². The molecule has 0 amide bonds. The largest absolute Gasteiger partial charge is 0.385 e. The SMILES string of the molecule is O=S(=O)(NC12CC3CC(CC(C3)C1)C2)c1ccc2c(c1)CCCN2. The van der Waals surface area contributed by atoms with Crippen molar-refractivity contribution >= 4 is 15.7 Å². The Morgan fingerprint density at radius 1 is 1.04 bits per heavy atom. The number of anilines is 1. The fraction of sp³-hybridized carbons (Fsp3) is 0.684. The molecule has 0 unspecified atom stereocenters. The van der Waals surface area contributed by atoms with Gasteiger partial charge in [-0.1, -0.05) is 0 Å². The van der Waals surface area contributed by atoms with Gasteiger partial charge in [0.15, 0.2) is 0 Å². The van der Waals surface area contributed by atoms with Crippen LogP contribution in [0, 0.1) is 17.8 Å². The van der Waals surface area contributed by atoms with Crippen LogP contribution in [-0.2, 0) is 16.4 Å². The quantitative estimate of drug-likeness (QED) is 0.883. The van der Waals surface area contributed by atoms with E-state index < -0.39 is 10.0 Å². The van der Waals surface area contributed by atoms with Crippen LogP contribution in [0.5, 0.6) is 0 Å². The van der Waals surface area contributed by atoms with Gasteiger partial charge in [0.1, 0.15) is 0 Å². The third-order valence-electron chi connectivity index (χ3n) is 6.71. The van der Waals surface area contributed by atoms with Crippen LogP contribution in [0.2, 0.25) is 0 Å². The standard InChI is InChI=1S/C19H26N2O2S/c22-24(23,17-3-4-18-16(9-17)2-1-5-20-18)21-19-10-13-6-14(11-19)8-15(7-13)12-19/h3-4,9,13-15,20-21H,1-2,5-8,10-12H2. The number of fused-ring (bicyclic) bond motifs is 1. The number of aryl methyl sites for hydroxylation is 1. The number of nitrogens with one attached hydrogen (secondary N) is 2. The summed E-state index contributed by atoms with van der Waals surface area (Å²) in [4.78, 5) is 0.445. The molecule has 1 aromatic rings. The summed E-state index contributed by atoms with van der Waals surface area (Å²) in [5.74, 6) is 2.23. The molecule has 130 valence electrons. The highest BCUT2D eigenvalue weighted by atomic mass is 32.2. The van der Waals surface area contributed by atoms with Crippen molar-refractivity contribution in [3.63, 3.8) is 0 Å². The zero-order valence-electron chi connectivity index (χ0n) is 14.1. The minimum Gasteiger partial charge on any atom is -0.385 e. The lowest BCUT2D eigenvalue weighted by Crippen LogP contribution is -2.59. The van der Waals surface area contributed by atoms with E-state index in [0.29, 0.717) is 4.90 Å². The molecule has 0 radical (unpaired) electrons. The van der Waals surface area contributed by atoms with Crippen LogP contribution in [0.1, 0.15) is 50.5 Å². The fourth-order valence-electron chi connectivity index (χ4n) is 6.20. The molecule has 6 rings (SSSR count). The molecule has 24 heavy (non-hydrogen) atoms. The van der Waals surface area contributed by atoms with Gasteiger partial charge in [0, 0.05) is 17.8 Å². The number of sulfonamides is 1. The van der Waals surface area contributed by atoms with Crippen molar-refractivity contribution < 1.29 is 8.42 Å². The van der Waals surface area contributed by atoms with Gasteiger partial charge in [-0.2, -0.15) is 0 Å². The smallest absolute Gasteiger partial charge is 0.241 e. The second-order valence-corrected chi connectivity index (χ2v) is 10.3. The van der Waals surface area contributed by atoms with Crippen molar-refractivity contribution in [3.05, 3.63) is 23.8 Å². The lowest BCUT2D eigenvalue weighted by atomic mass is 9.53. The second kappa shape index (κ2) is 5.21. The average Bonchev–Trinajstić information content (AvgIpc) is 2.52. The van der Waals surface area contributed by atoms with Gasteiger partial charge in [-0.25, -0.2) is 13.1 Å². The van der Waals surface area contributed by atoms with Crippen LogP contribution >= 0.6 is 0 Å². The number of hydrogen-bond donors (Lipinski definition) is 2. The van der Waals surface area contributed by atoms with Gasteiger partial charge in [0.2, 0.25) is 10.0 Å². The molecular weight excluding hydrogens is 320 g/mol. The highest BCUT2D eigenvalue weighted by molar-refractivity contribution is 7.89. The van der Waals surface area contributed by atoms with Crippen LogP contribution in [-0.4, -0.2) is 20.5 Å². The molecule has 4 saturated carbocycles. The van der Waals surface area contributed by atoms with E-state index in [1.165, 1.54) is 19.3 Å². The predicted octanol–water partition coefficient (Wildman–Crippen LogP) is 3.29. The molecule has 5 aliphatic rings. The average molecular weight is 346 g/mol. The van der Waals surface area contributed by atoms with E-state index in [1.54, 1.807) is 6.07 Å². The van der Waals surface area contributed by atoms with Crippen molar-refractivity contribution in [1.82, 2.24) is 4.72 Å². The third kappa shape index (κ3) is 2.48. The van der Waals surface area contributed by atoms with Crippen molar-refractivity contribution in [1.29, 1.82) is 0 Å². The van der Waals surface area contributed by atoms with Crippen molar-refractivity contribution in [2.24, 2.45) is 17.8 Å². The Balaban J connectivity index is 1.44. The van der Waals surface area contributed by atoms with Crippen LogP contribution < -0.4 is 10.0 Å². The normalized spacial score (nSPS) is 37.1. The molecule has 0 aromatic heterocycles. The summed E-state index contributed by atoms with van der Waals surface area (Å²) < 4.78 is 29.3. The minimum absolute atomic E-state index is 0.165. The Kier molecular flexibility index (Phi) is 3.30. The Labute approximate surface area is 144 Å². The highest BCUT2D eigenvalue weighted by Gasteiger charge is 2.52. The van der Waals surface area contributed by atoms with Gasteiger partial charge in [-0.15, -0.1) is 0 Å². The Bertz CT molecular complexity index is 736. The molecule has 4 aliphatic carbocycles. The van der Waals surface area contributed by atoms with Crippen LogP contribution in [0.4, 0.5) is 5.69 Å². The molecule has 1 heterocycles. The summed E-state index contributed by atoms with van der Waals surface area (Å²) in [6.45, 7) is 0.977. The first kappa shape index (κ1) is 15.2.